The summed E-state index contributed by atoms with van der Waals surface area (Å²) in [6, 6.07) is 3.48. The maximum absolute atomic E-state index is 12.5. The van der Waals surface area contributed by atoms with Crippen molar-refractivity contribution in [3.63, 3.8) is 0 Å². The molecule has 0 bridgehead atoms. The van der Waals surface area contributed by atoms with Crippen LogP contribution in [0.5, 0.6) is 11.5 Å². The summed E-state index contributed by atoms with van der Waals surface area (Å²) in [6.45, 7) is 6.01. The van der Waals surface area contributed by atoms with Gasteiger partial charge in [0.15, 0.2) is 11.6 Å². The molecule has 4 saturated carbocycles. The number of methoxy groups -OCH3 is 2. The molecular weight excluding hydrogens is 672 g/mol. The molecule has 13 heteroatoms. The predicted molar refractivity (Wildman–Crippen MR) is 177 cm³/mol. The highest BCUT2D eigenvalue weighted by molar-refractivity contribution is 9.10. The van der Waals surface area contributed by atoms with Gasteiger partial charge in [-0.2, -0.15) is 0 Å². The van der Waals surface area contributed by atoms with E-state index in [0.717, 1.165) is 35.1 Å². The summed E-state index contributed by atoms with van der Waals surface area (Å²) < 4.78 is 21.1. The van der Waals surface area contributed by atoms with Crippen LogP contribution in [0.15, 0.2) is 29.0 Å². The largest absolute Gasteiger partial charge is 0.494 e. The number of rotatable bonds is 14. The second kappa shape index (κ2) is 17.0. The minimum Gasteiger partial charge on any atom is -0.494 e. The lowest BCUT2D eigenvalue weighted by molar-refractivity contribution is -0.145. The Hall–Kier alpha value is -3.58. The van der Waals surface area contributed by atoms with E-state index in [1.54, 1.807) is 32.2 Å². The van der Waals surface area contributed by atoms with Crippen LogP contribution in [0.25, 0.3) is 0 Å². The molecule has 0 aliphatic heterocycles. The maximum atomic E-state index is 12.5. The summed E-state index contributed by atoms with van der Waals surface area (Å²) in [5.74, 6) is 0.278. The molecule has 3 N–H and O–H groups in total. The van der Waals surface area contributed by atoms with Gasteiger partial charge in [-0.15, -0.1) is 0 Å². The highest BCUT2D eigenvalue weighted by Crippen LogP contribution is 2.44. The Kier molecular flexibility index (Phi) is 13.1. The number of esters is 2. The molecule has 2 aromatic rings. The quantitative estimate of drug-likeness (QED) is 0.201. The number of nitrogens with zero attached hydrogens (tertiary/aromatic N) is 2. The Morgan fingerprint density at radius 3 is 1.70 bits per heavy atom. The number of ether oxygens (including phenoxy) is 4. The Morgan fingerprint density at radius 2 is 1.28 bits per heavy atom. The Balaban J connectivity index is 0.000000187. The van der Waals surface area contributed by atoms with Gasteiger partial charge in [0.1, 0.15) is 22.9 Å². The van der Waals surface area contributed by atoms with Crippen molar-refractivity contribution in [1.29, 1.82) is 0 Å². The molecule has 4 unspecified atom stereocenters. The molecule has 0 spiro atoms. The van der Waals surface area contributed by atoms with Gasteiger partial charge in [-0.3, -0.25) is 19.2 Å². The number of nitrogens with one attached hydrogen (secondary N) is 1. The van der Waals surface area contributed by atoms with Crippen molar-refractivity contribution in [3.8, 4) is 11.5 Å². The number of hydrogen-bond acceptors (Lipinski definition) is 12. The summed E-state index contributed by atoms with van der Waals surface area (Å²) in [6.07, 6.45) is 9.56. The van der Waals surface area contributed by atoms with Crippen molar-refractivity contribution in [1.82, 2.24) is 9.97 Å². The molecule has 2 heterocycles. The highest BCUT2D eigenvalue weighted by atomic mass is 79.9. The number of anilines is 1. The summed E-state index contributed by atoms with van der Waals surface area (Å²) in [4.78, 5) is 56.3. The monoisotopic (exact) mass is 716 g/mol. The van der Waals surface area contributed by atoms with Gasteiger partial charge in [0.05, 0.1) is 51.2 Å². The summed E-state index contributed by atoms with van der Waals surface area (Å²) in [5.41, 5.74) is 6.64. The molecule has 2 aromatic heterocycles. The van der Waals surface area contributed by atoms with E-state index in [9.17, 15) is 19.2 Å². The zero-order valence-corrected chi connectivity index (χ0v) is 29.0. The Morgan fingerprint density at radius 1 is 0.787 bits per heavy atom. The first kappa shape index (κ1) is 36.3. The third-order valence-corrected chi connectivity index (χ3v) is 8.77. The van der Waals surface area contributed by atoms with Crippen molar-refractivity contribution >= 4 is 45.1 Å². The first-order valence-electron chi connectivity index (χ1n) is 16.2. The van der Waals surface area contributed by atoms with Gasteiger partial charge in [0.2, 0.25) is 0 Å². The van der Waals surface area contributed by atoms with Gasteiger partial charge < -0.3 is 30.0 Å². The summed E-state index contributed by atoms with van der Waals surface area (Å²) >= 11 is 3.27. The van der Waals surface area contributed by atoms with Crippen molar-refractivity contribution < 1.29 is 38.1 Å². The Labute approximate surface area is 284 Å². The number of carbonyl (C=O) groups excluding carboxylic acids is 4. The molecule has 6 rings (SSSR count). The number of ketones is 2. The second-order valence-corrected chi connectivity index (χ2v) is 13.0. The predicted octanol–water partition coefficient (Wildman–Crippen LogP) is 4.88. The number of aromatic nitrogens is 2. The van der Waals surface area contributed by atoms with Crippen LogP contribution in [0, 0.1) is 35.5 Å². The molecule has 4 aliphatic rings. The Bertz CT molecular complexity index is 1430. The number of nitrogens with two attached hydrogens (primary N) is 1. The first-order chi connectivity index (χ1) is 22.6. The molecule has 4 fully saturated rings. The van der Waals surface area contributed by atoms with Crippen LogP contribution in [0.3, 0.4) is 0 Å². The molecule has 0 aromatic carbocycles. The second-order valence-electron chi connectivity index (χ2n) is 12.1. The highest BCUT2D eigenvalue weighted by Gasteiger charge is 2.51. The van der Waals surface area contributed by atoms with Crippen LogP contribution < -0.4 is 20.5 Å². The van der Waals surface area contributed by atoms with Crippen LogP contribution in [0.1, 0.15) is 73.3 Å². The fourth-order valence-electron chi connectivity index (χ4n) is 4.92. The average Bonchev–Trinajstić information content (AvgIpc) is 3.91. The van der Waals surface area contributed by atoms with Crippen molar-refractivity contribution in [2.24, 2.45) is 41.2 Å². The number of hydrogen-bond donors (Lipinski definition) is 2. The SMILES string of the molecule is CCOC(=O)C1CC1C(=O)c1ncc(Br)cc1OC.CCOC(=O)C1CC1C(=O)c1ncc(NCC2CC2)cc1OC.NCC1CC1. The normalized spacial score (nSPS) is 21.8. The number of pyridine rings is 2. The molecule has 0 radical (unpaired) electrons. The van der Waals surface area contributed by atoms with E-state index < -0.39 is 0 Å². The van der Waals surface area contributed by atoms with Gasteiger partial charge in [-0.05, 0) is 92.7 Å². The standard InChI is InChI=1S/C17H22N2O4.C13H14BrNO4.C4H9N/c1-3-23-17(21)13-7-12(13)16(20)15-14(22-2)6-11(9-19-15)18-8-10-4-5-10;1-3-19-13(17)9-5-8(9)12(16)11-10(18-2)4-7(14)6-15-11;5-3-4-1-2-4/h6,9-10,12-13,18H,3-5,7-8H2,1-2H3;4,6,8-9H,3,5H2,1-2H3;4H,1-3,5H2. The number of halogens is 1. The van der Waals surface area contributed by atoms with Crippen molar-refractivity contribution in [3.05, 3.63) is 40.4 Å². The van der Waals surface area contributed by atoms with Gasteiger partial charge in [-0.1, -0.05) is 0 Å². The molecule has 47 heavy (non-hydrogen) atoms. The zero-order chi connectivity index (χ0) is 34.1. The minimum absolute atomic E-state index is 0.145. The fourth-order valence-corrected chi connectivity index (χ4v) is 5.23. The lowest BCUT2D eigenvalue weighted by Crippen LogP contribution is -2.14. The summed E-state index contributed by atoms with van der Waals surface area (Å²) in [5, 5.41) is 3.31. The van der Waals surface area contributed by atoms with E-state index in [0.29, 0.717) is 43.2 Å². The lowest BCUT2D eigenvalue weighted by atomic mass is 10.1. The smallest absolute Gasteiger partial charge is 0.309 e. The van der Waals surface area contributed by atoms with Gasteiger partial charge >= 0.3 is 11.9 Å². The first-order valence-corrected chi connectivity index (χ1v) is 17.0. The molecular formula is C34H45BrN4O8. The average molecular weight is 718 g/mol. The van der Waals surface area contributed by atoms with E-state index in [1.165, 1.54) is 46.1 Å². The third kappa shape index (κ3) is 10.5. The number of carbonyl (C=O) groups is 4. The van der Waals surface area contributed by atoms with E-state index in [4.69, 9.17) is 24.7 Å². The van der Waals surface area contributed by atoms with E-state index >= 15 is 0 Å². The van der Waals surface area contributed by atoms with Gasteiger partial charge in [0, 0.05) is 35.1 Å². The molecule has 4 atom stereocenters. The van der Waals surface area contributed by atoms with E-state index in [1.807, 2.05) is 0 Å². The topological polar surface area (TPSA) is 169 Å². The van der Waals surface area contributed by atoms with Crippen LogP contribution >= 0.6 is 15.9 Å². The summed E-state index contributed by atoms with van der Waals surface area (Å²) in [7, 11) is 3.00. The molecule has 0 saturated heterocycles. The van der Waals surface area contributed by atoms with Gasteiger partial charge in [0.25, 0.3) is 0 Å². The van der Waals surface area contributed by atoms with Crippen LogP contribution in [-0.2, 0) is 19.1 Å². The van der Waals surface area contributed by atoms with Crippen LogP contribution in [0.4, 0.5) is 5.69 Å². The minimum atomic E-state index is -0.333. The van der Waals surface area contributed by atoms with Crippen LogP contribution in [-0.4, -0.2) is 74.0 Å². The van der Waals surface area contributed by atoms with E-state index in [2.05, 4.69) is 31.2 Å². The molecule has 12 nitrogen and oxygen atoms in total. The lowest BCUT2D eigenvalue weighted by Gasteiger charge is -2.10. The zero-order valence-electron chi connectivity index (χ0n) is 27.5. The molecule has 256 valence electrons. The van der Waals surface area contributed by atoms with Crippen molar-refractivity contribution in [2.75, 3.05) is 45.8 Å². The molecule has 0 amide bonds. The fraction of sp³-hybridized carbons (Fsp3) is 0.588. The van der Waals surface area contributed by atoms with E-state index in [-0.39, 0.29) is 52.9 Å². The molecule has 4 aliphatic carbocycles. The maximum Gasteiger partial charge on any atom is 0.309 e. The van der Waals surface area contributed by atoms with Crippen molar-refractivity contribution in [2.45, 2.75) is 52.4 Å². The third-order valence-electron chi connectivity index (χ3n) is 8.33. The van der Waals surface area contributed by atoms with Crippen LogP contribution in [0.2, 0.25) is 0 Å². The number of Topliss-reactive ketones (excluding diaryl/α,β-unsaturated/α-hetero) is 2. The van der Waals surface area contributed by atoms with Gasteiger partial charge in [-0.25, -0.2) is 9.97 Å².